The Morgan fingerprint density at radius 3 is 2.74 bits per heavy atom. The Bertz CT molecular complexity index is 1720. The van der Waals surface area contributed by atoms with Crippen LogP contribution in [0.3, 0.4) is 0 Å². The molecule has 0 saturated carbocycles. The predicted octanol–water partition coefficient (Wildman–Crippen LogP) is 5.26. The van der Waals surface area contributed by atoms with Crippen LogP contribution in [0.4, 0.5) is 17.2 Å². The lowest BCUT2D eigenvalue weighted by Gasteiger charge is -2.46. The molecule has 2 atom stereocenters. The third kappa shape index (κ3) is 4.10. The normalized spacial score (nSPS) is 19.0. The third-order valence-electron chi connectivity index (χ3n) is 7.97. The molecule has 3 aromatic carbocycles. The van der Waals surface area contributed by atoms with Crippen molar-refractivity contribution < 1.29 is 9.47 Å². The molecule has 39 heavy (non-hydrogen) atoms. The number of fused-ring (bicyclic) bond motifs is 5. The highest BCUT2D eigenvalue weighted by Crippen LogP contribution is 2.45. The highest BCUT2D eigenvalue weighted by atomic mass is 16.5. The smallest absolute Gasteiger partial charge is 0.156 e. The van der Waals surface area contributed by atoms with Gasteiger partial charge in [0.15, 0.2) is 5.75 Å². The summed E-state index contributed by atoms with van der Waals surface area (Å²) in [4.78, 5) is 18.3. The summed E-state index contributed by atoms with van der Waals surface area (Å²) in [7, 11) is 6.32. The molecule has 9 nitrogen and oxygen atoms in total. The molecule has 0 bridgehead atoms. The van der Waals surface area contributed by atoms with E-state index >= 15 is 0 Å². The van der Waals surface area contributed by atoms with E-state index in [-0.39, 0.29) is 6.10 Å². The van der Waals surface area contributed by atoms with Crippen LogP contribution in [0, 0.1) is 6.92 Å². The van der Waals surface area contributed by atoms with Gasteiger partial charge in [-0.25, -0.2) is 15.0 Å². The van der Waals surface area contributed by atoms with Gasteiger partial charge in [-0.15, -0.1) is 0 Å². The number of likely N-dealkylation sites (N-methyl/N-ethyl adjacent to an activating group) is 2. The Morgan fingerprint density at radius 1 is 0.974 bits per heavy atom. The van der Waals surface area contributed by atoms with Crippen molar-refractivity contribution in [2.45, 2.75) is 25.5 Å². The minimum atomic E-state index is 0.140. The van der Waals surface area contributed by atoms with Gasteiger partial charge in [0.05, 0.1) is 40.0 Å². The Labute approximate surface area is 227 Å². The van der Waals surface area contributed by atoms with Crippen LogP contribution in [0.1, 0.15) is 12.0 Å². The molecule has 0 amide bonds. The first-order chi connectivity index (χ1) is 18.9. The number of aryl methyl sites for hydroxylation is 2. The van der Waals surface area contributed by atoms with Gasteiger partial charge >= 0.3 is 0 Å². The minimum absolute atomic E-state index is 0.140. The van der Waals surface area contributed by atoms with Crippen LogP contribution in [0.5, 0.6) is 17.2 Å². The summed E-state index contributed by atoms with van der Waals surface area (Å²) in [5.41, 5.74) is 5.82. The maximum Gasteiger partial charge on any atom is 0.156 e. The fraction of sp³-hybridized carbons (Fsp3) is 0.300. The Morgan fingerprint density at radius 2 is 1.87 bits per heavy atom. The van der Waals surface area contributed by atoms with Crippen LogP contribution < -0.4 is 19.7 Å². The summed E-state index contributed by atoms with van der Waals surface area (Å²) in [6.07, 6.45) is 4.54. The summed E-state index contributed by atoms with van der Waals surface area (Å²) in [6.45, 7) is 4.05. The number of ether oxygens (including phenoxy) is 2. The molecule has 2 aliphatic rings. The van der Waals surface area contributed by atoms with Gasteiger partial charge in [-0.05, 0) is 68.4 Å². The minimum Gasteiger partial charge on any atom is -0.485 e. The fourth-order valence-corrected chi connectivity index (χ4v) is 5.80. The van der Waals surface area contributed by atoms with Crippen molar-refractivity contribution in [3.05, 3.63) is 66.7 Å². The summed E-state index contributed by atoms with van der Waals surface area (Å²) in [5.74, 6) is 3.13. The number of hydrogen-bond acceptors (Lipinski definition) is 8. The van der Waals surface area contributed by atoms with E-state index in [1.165, 1.54) is 0 Å². The molecule has 198 valence electrons. The van der Waals surface area contributed by atoms with Gasteiger partial charge in [0.25, 0.3) is 0 Å². The number of nitrogens with one attached hydrogen (secondary N) is 1. The molecule has 7 rings (SSSR count). The molecule has 4 heterocycles. The van der Waals surface area contributed by atoms with Crippen LogP contribution >= 0.6 is 0 Å². The Kier molecular flexibility index (Phi) is 5.55. The summed E-state index contributed by atoms with van der Waals surface area (Å²) >= 11 is 0. The number of rotatable bonds is 4. The second-order valence-electron chi connectivity index (χ2n) is 10.6. The first-order valence-electron chi connectivity index (χ1n) is 13.3. The van der Waals surface area contributed by atoms with Crippen molar-refractivity contribution in [1.29, 1.82) is 0 Å². The maximum absolute atomic E-state index is 6.67. The molecular formula is C30H31N7O2. The number of anilines is 3. The number of piperidine rings is 1. The van der Waals surface area contributed by atoms with Crippen LogP contribution in [-0.2, 0) is 7.05 Å². The van der Waals surface area contributed by atoms with E-state index in [1.807, 2.05) is 61.3 Å². The molecular weight excluding hydrogens is 490 g/mol. The fourth-order valence-electron chi connectivity index (χ4n) is 5.80. The molecule has 5 aromatic rings. The van der Waals surface area contributed by atoms with Gasteiger partial charge in [0.1, 0.15) is 29.7 Å². The quantitative estimate of drug-likeness (QED) is 0.343. The van der Waals surface area contributed by atoms with E-state index in [4.69, 9.17) is 9.47 Å². The average Bonchev–Trinajstić information content (AvgIpc) is 3.30. The zero-order valence-electron chi connectivity index (χ0n) is 22.5. The molecule has 1 saturated heterocycles. The zero-order chi connectivity index (χ0) is 26.7. The van der Waals surface area contributed by atoms with Crippen molar-refractivity contribution in [2.24, 2.45) is 7.05 Å². The van der Waals surface area contributed by atoms with Crippen molar-refractivity contribution in [1.82, 2.24) is 24.4 Å². The first kappa shape index (κ1) is 23.7. The van der Waals surface area contributed by atoms with Crippen molar-refractivity contribution >= 4 is 39.1 Å². The van der Waals surface area contributed by atoms with Gasteiger partial charge in [-0.2, -0.15) is 0 Å². The van der Waals surface area contributed by atoms with E-state index in [0.29, 0.717) is 6.04 Å². The lowest BCUT2D eigenvalue weighted by Crippen LogP contribution is -2.57. The second kappa shape index (κ2) is 9.13. The summed E-state index contributed by atoms with van der Waals surface area (Å²) in [5, 5.41) is 4.43. The van der Waals surface area contributed by atoms with E-state index in [0.717, 1.165) is 81.5 Å². The number of nitrogens with zero attached hydrogens (tertiary/aromatic N) is 6. The van der Waals surface area contributed by atoms with E-state index in [2.05, 4.69) is 56.3 Å². The van der Waals surface area contributed by atoms with E-state index in [1.54, 1.807) is 6.33 Å². The average molecular weight is 522 g/mol. The van der Waals surface area contributed by atoms with Gasteiger partial charge in [0, 0.05) is 38.9 Å². The largest absolute Gasteiger partial charge is 0.485 e. The van der Waals surface area contributed by atoms with E-state index < -0.39 is 0 Å². The summed E-state index contributed by atoms with van der Waals surface area (Å²) in [6, 6.07) is 16.5. The van der Waals surface area contributed by atoms with Crippen molar-refractivity contribution in [3.8, 4) is 17.2 Å². The lowest BCUT2D eigenvalue weighted by molar-refractivity contribution is 0.0815. The standard InChI is InChI=1S/C30H31N7O2/c1-18-13-19(5-10-26(18)38-20-6-8-23-22(14-20)33-17-36(23)3)34-30-28-21(31-16-32-30)7-9-24-29(28)39-27-11-12-35(2)15-25(27)37(24)4/h5-10,13-14,16-17,25,27H,11-12,15H2,1-4H3,(H,31,32,34)/t25-,27-/m1/s1. The molecule has 0 aliphatic carbocycles. The lowest BCUT2D eigenvalue weighted by atomic mass is 9.97. The van der Waals surface area contributed by atoms with E-state index in [9.17, 15) is 0 Å². The van der Waals surface area contributed by atoms with Crippen molar-refractivity contribution in [3.63, 3.8) is 0 Å². The number of aromatic nitrogens is 4. The van der Waals surface area contributed by atoms with Crippen molar-refractivity contribution in [2.75, 3.05) is 37.4 Å². The van der Waals surface area contributed by atoms with Gasteiger partial charge in [-0.1, -0.05) is 0 Å². The third-order valence-corrected chi connectivity index (χ3v) is 7.97. The zero-order valence-corrected chi connectivity index (χ0v) is 22.5. The second-order valence-corrected chi connectivity index (χ2v) is 10.6. The van der Waals surface area contributed by atoms with Gasteiger partial charge in [-0.3, -0.25) is 0 Å². The highest BCUT2D eigenvalue weighted by molar-refractivity contribution is 6.00. The molecule has 0 spiro atoms. The van der Waals surface area contributed by atoms with Crippen LogP contribution in [-0.4, -0.2) is 63.7 Å². The monoisotopic (exact) mass is 521 g/mol. The van der Waals surface area contributed by atoms with Crippen LogP contribution in [0.2, 0.25) is 0 Å². The maximum atomic E-state index is 6.67. The SMILES string of the molecule is Cc1cc(Nc2ncnc3ccc4c(c23)O[C@@H]2CCN(C)C[C@H]2N4C)ccc1Oc1ccc2c(c1)ncn2C. The topological polar surface area (TPSA) is 80.6 Å². The number of hydrogen-bond donors (Lipinski definition) is 1. The van der Waals surface area contributed by atoms with Crippen LogP contribution in [0.15, 0.2) is 61.2 Å². The van der Waals surface area contributed by atoms with Gasteiger partial charge < -0.3 is 29.2 Å². The number of imidazole rings is 1. The predicted molar refractivity (Wildman–Crippen MR) is 154 cm³/mol. The van der Waals surface area contributed by atoms with Gasteiger partial charge in [0.2, 0.25) is 0 Å². The molecule has 2 aromatic heterocycles. The van der Waals surface area contributed by atoms with Crippen LogP contribution in [0.25, 0.3) is 21.9 Å². The Balaban J connectivity index is 1.19. The molecule has 1 fully saturated rings. The Hall–Kier alpha value is -4.37. The molecule has 0 unspecified atom stereocenters. The summed E-state index contributed by atoms with van der Waals surface area (Å²) < 4.78 is 14.9. The highest BCUT2D eigenvalue weighted by Gasteiger charge is 2.38. The molecule has 2 aliphatic heterocycles. The number of likely N-dealkylation sites (tertiary alicyclic amines) is 1. The molecule has 0 radical (unpaired) electrons. The molecule has 1 N–H and O–H groups in total. The first-order valence-corrected chi connectivity index (χ1v) is 13.3. The number of benzene rings is 3. The molecule has 9 heteroatoms.